The van der Waals surface area contributed by atoms with Gasteiger partial charge in [0.1, 0.15) is 15.8 Å². The number of halogens is 5. The van der Waals surface area contributed by atoms with Crippen molar-refractivity contribution in [3.05, 3.63) is 38.5 Å². The second kappa shape index (κ2) is 6.78. The van der Waals surface area contributed by atoms with Crippen molar-refractivity contribution in [3.63, 3.8) is 0 Å². The molecule has 0 saturated heterocycles. The summed E-state index contributed by atoms with van der Waals surface area (Å²) in [7, 11) is 0. The number of rotatable bonds is 4. The van der Waals surface area contributed by atoms with Gasteiger partial charge in [0.25, 0.3) is 4.91 Å². The Labute approximate surface area is 153 Å². The second-order valence-electron chi connectivity index (χ2n) is 4.92. The zero-order valence-corrected chi connectivity index (χ0v) is 14.9. The molecule has 0 spiro atoms. The van der Waals surface area contributed by atoms with E-state index in [1.807, 2.05) is 0 Å². The van der Waals surface area contributed by atoms with Gasteiger partial charge in [-0.15, -0.1) is 5.84 Å². The summed E-state index contributed by atoms with van der Waals surface area (Å²) in [6.45, 7) is 1.58. The van der Waals surface area contributed by atoms with Crippen LogP contribution in [0.25, 0.3) is 0 Å². The molecule has 0 saturated carbocycles. The lowest BCUT2D eigenvalue weighted by molar-refractivity contribution is -0.137. The van der Waals surface area contributed by atoms with Crippen LogP contribution in [0.2, 0.25) is 10.0 Å². The van der Waals surface area contributed by atoms with Gasteiger partial charge in [0.15, 0.2) is 6.29 Å². The Morgan fingerprint density at radius 2 is 1.88 bits per heavy atom. The highest BCUT2D eigenvalue weighted by Gasteiger charge is 2.50. The van der Waals surface area contributed by atoms with Gasteiger partial charge in [-0.1, -0.05) is 23.2 Å². The number of alkyl halides is 3. The zero-order chi connectivity index (χ0) is 19.2. The highest BCUT2D eigenvalue weighted by atomic mass is 35.5. The van der Waals surface area contributed by atoms with Gasteiger partial charge in [-0.25, -0.2) is 0 Å². The fourth-order valence-electron chi connectivity index (χ4n) is 2.24. The first-order valence-corrected chi connectivity index (χ1v) is 8.73. The van der Waals surface area contributed by atoms with E-state index < -0.39 is 37.7 Å². The first kappa shape index (κ1) is 20.0. The SMILES string of the molecule is CC[S+]([O-])C1=C(N)[N+](N)(c2c(Cl)cc(C(F)(F)F)cc2Cl)N=C1C=O. The molecule has 0 amide bonds. The average Bonchev–Trinajstić information content (AvgIpc) is 2.77. The van der Waals surface area contributed by atoms with Crippen molar-refractivity contribution in [3.8, 4) is 0 Å². The van der Waals surface area contributed by atoms with Crippen LogP contribution < -0.4 is 16.3 Å². The highest BCUT2D eigenvalue weighted by Crippen LogP contribution is 2.45. The largest absolute Gasteiger partial charge is 0.611 e. The molecule has 1 heterocycles. The lowest BCUT2D eigenvalue weighted by Gasteiger charge is -2.23. The first-order chi connectivity index (χ1) is 11.5. The maximum absolute atomic E-state index is 12.9. The van der Waals surface area contributed by atoms with E-state index in [0.717, 1.165) is 0 Å². The normalized spacial score (nSPS) is 22.2. The summed E-state index contributed by atoms with van der Waals surface area (Å²) in [6, 6.07) is 1.24. The molecule has 12 heteroatoms. The second-order valence-corrected chi connectivity index (χ2v) is 7.41. The van der Waals surface area contributed by atoms with Crippen molar-refractivity contribution in [2.75, 3.05) is 5.75 Å². The van der Waals surface area contributed by atoms with Crippen LogP contribution in [0, 0.1) is 0 Å². The first-order valence-electron chi connectivity index (χ1n) is 6.66. The van der Waals surface area contributed by atoms with E-state index in [1.54, 1.807) is 6.92 Å². The number of carbonyl (C=O) groups excluding carboxylic acids is 1. The lowest BCUT2D eigenvalue weighted by Crippen LogP contribution is -2.52. The van der Waals surface area contributed by atoms with Gasteiger partial charge in [-0.05, 0) is 40.0 Å². The maximum Gasteiger partial charge on any atom is 0.416 e. The van der Waals surface area contributed by atoms with E-state index in [1.165, 1.54) is 0 Å². The molecule has 0 fully saturated rings. The van der Waals surface area contributed by atoms with E-state index in [0.29, 0.717) is 18.4 Å². The van der Waals surface area contributed by atoms with Crippen LogP contribution in [0.3, 0.4) is 0 Å². The van der Waals surface area contributed by atoms with Gasteiger partial charge >= 0.3 is 12.0 Å². The number of aldehydes is 1. The van der Waals surface area contributed by atoms with Crippen molar-refractivity contribution < 1.29 is 22.5 Å². The van der Waals surface area contributed by atoms with Gasteiger partial charge in [0.2, 0.25) is 11.4 Å². The molecule has 2 rings (SSSR count). The summed E-state index contributed by atoms with van der Waals surface area (Å²) in [5, 5.41) is 2.96. The molecule has 0 bridgehead atoms. The molecule has 2 atom stereocenters. The van der Waals surface area contributed by atoms with Gasteiger partial charge < -0.3 is 10.3 Å². The molecule has 1 aromatic rings. The number of carbonyl (C=O) groups is 1. The van der Waals surface area contributed by atoms with Gasteiger partial charge in [-0.3, -0.25) is 4.79 Å². The summed E-state index contributed by atoms with van der Waals surface area (Å²) in [4.78, 5) is 11.1. The number of quaternary nitrogens is 1. The van der Waals surface area contributed by atoms with Crippen LogP contribution in [0.15, 0.2) is 28.0 Å². The van der Waals surface area contributed by atoms with E-state index in [2.05, 4.69) is 5.10 Å². The van der Waals surface area contributed by atoms with Crippen LogP contribution in [0.5, 0.6) is 0 Å². The summed E-state index contributed by atoms with van der Waals surface area (Å²) in [5.41, 5.74) is 4.28. The minimum atomic E-state index is -4.68. The van der Waals surface area contributed by atoms with Crippen molar-refractivity contribution >= 4 is 52.1 Å². The number of nitrogens with two attached hydrogens (primary N) is 2. The molecule has 136 valence electrons. The number of hydrogen-bond acceptors (Lipinski definition) is 5. The van der Waals surface area contributed by atoms with Gasteiger partial charge in [0.05, 0.1) is 5.56 Å². The molecule has 2 unspecified atom stereocenters. The summed E-state index contributed by atoms with van der Waals surface area (Å²) in [5.74, 6) is 5.87. The molecule has 0 radical (unpaired) electrons. The summed E-state index contributed by atoms with van der Waals surface area (Å²) >= 11 is 10.2. The van der Waals surface area contributed by atoms with Gasteiger partial charge in [0, 0.05) is 0 Å². The van der Waals surface area contributed by atoms with E-state index in [9.17, 15) is 22.5 Å². The molecule has 6 nitrogen and oxygen atoms in total. The standard InChI is InChI=1S/C13H12Cl2F3N4O2S/c1-2-25(24)11-9(5-23)21-22(20,12(11)19)10-7(14)3-6(4-8(10)15)13(16,17)18/h3-5H,2,19-20H2,1H3/q+1. The molecule has 25 heavy (non-hydrogen) atoms. The maximum atomic E-state index is 12.9. The molecular weight excluding hydrogens is 404 g/mol. The van der Waals surface area contributed by atoms with Crippen molar-refractivity contribution in [1.82, 2.24) is 4.70 Å². The van der Waals surface area contributed by atoms with Crippen molar-refractivity contribution in [2.24, 2.45) is 16.7 Å². The quantitative estimate of drug-likeness (QED) is 0.341. The number of benzene rings is 1. The van der Waals surface area contributed by atoms with Crippen molar-refractivity contribution in [1.29, 1.82) is 0 Å². The molecule has 1 aliphatic rings. The monoisotopic (exact) mass is 415 g/mol. The third-order valence-electron chi connectivity index (χ3n) is 3.38. The minimum Gasteiger partial charge on any atom is -0.611 e. The lowest BCUT2D eigenvalue weighted by atomic mass is 10.2. The molecule has 0 aromatic heterocycles. The number of nitrogens with zero attached hydrogens (tertiary/aromatic N) is 2. The predicted octanol–water partition coefficient (Wildman–Crippen LogP) is 2.66. The highest BCUT2D eigenvalue weighted by molar-refractivity contribution is 7.96. The Hall–Kier alpha value is -1.30. The van der Waals surface area contributed by atoms with Crippen LogP contribution in [0.1, 0.15) is 12.5 Å². The molecule has 1 aliphatic heterocycles. The smallest absolute Gasteiger partial charge is 0.416 e. The summed E-state index contributed by atoms with van der Waals surface area (Å²) in [6.07, 6.45) is -4.38. The van der Waals surface area contributed by atoms with Crippen LogP contribution in [-0.4, -0.2) is 22.3 Å². The molecular formula is C13H12Cl2F3N4O2S+. The van der Waals surface area contributed by atoms with Crippen LogP contribution in [-0.2, 0) is 22.1 Å². The van der Waals surface area contributed by atoms with E-state index in [-0.39, 0.29) is 27.9 Å². The summed E-state index contributed by atoms with van der Waals surface area (Å²) < 4.78 is 49.5. The number of hydrogen-bond donors (Lipinski definition) is 2. The Bertz CT molecular complexity index is 777. The zero-order valence-electron chi connectivity index (χ0n) is 12.6. The molecule has 4 N–H and O–H groups in total. The topological polar surface area (TPSA) is 105 Å². The van der Waals surface area contributed by atoms with Gasteiger partial charge in [-0.2, -0.15) is 13.2 Å². The Morgan fingerprint density at radius 1 is 1.36 bits per heavy atom. The van der Waals surface area contributed by atoms with E-state index in [4.69, 9.17) is 34.8 Å². The third-order valence-corrected chi connectivity index (χ3v) is 5.36. The Morgan fingerprint density at radius 3 is 2.28 bits per heavy atom. The fourth-order valence-corrected chi connectivity index (χ4v) is 3.96. The number of allylic oxidation sites excluding steroid dienone is 1. The molecule has 1 aromatic carbocycles. The predicted molar refractivity (Wildman–Crippen MR) is 90.8 cm³/mol. The average molecular weight is 416 g/mol. The molecule has 0 aliphatic carbocycles. The Balaban J connectivity index is 2.72. The third kappa shape index (κ3) is 3.37. The van der Waals surface area contributed by atoms with Crippen LogP contribution >= 0.6 is 23.2 Å². The Kier molecular flexibility index (Phi) is 5.43. The fraction of sp³-hybridized carbons (Fsp3) is 0.231. The minimum absolute atomic E-state index is 0.105. The van der Waals surface area contributed by atoms with Crippen molar-refractivity contribution in [2.45, 2.75) is 13.1 Å². The van der Waals surface area contributed by atoms with Crippen LogP contribution in [0.4, 0.5) is 18.9 Å². The van der Waals surface area contributed by atoms with E-state index >= 15 is 0 Å².